The molecule has 2 nitrogen and oxygen atoms in total. The van der Waals surface area contributed by atoms with Gasteiger partial charge in [-0.3, -0.25) is 0 Å². The van der Waals surface area contributed by atoms with E-state index in [-0.39, 0.29) is 12.0 Å². The normalized spacial score (nSPS) is 26.7. The van der Waals surface area contributed by atoms with E-state index in [9.17, 15) is 0 Å². The molecule has 4 heteroatoms. The fraction of sp³-hybridized carbons (Fsp3) is 0.296. The average Bonchev–Trinajstić information content (AvgIpc) is 3.15. The molecular formula is C27H31ClN2S. The first-order valence-corrected chi connectivity index (χ1v) is 12.0. The molecule has 2 heterocycles. The summed E-state index contributed by atoms with van der Waals surface area (Å²) in [5, 5.41) is 4.39. The van der Waals surface area contributed by atoms with Gasteiger partial charge in [-0.25, -0.2) is 4.99 Å². The predicted octanol–water partition coefficient (Wildman–Crippen LogP) is 7.40. The number of thioether (sulfide) groups is 1. The van der Waals surface area contributed by atoms with Crippen LogP contribution in [0.5, 0.6) is 0 Å². The van der Waals surface area contributed by atoms with E-state index in [0.717, 1.165) is 24.0 Å². The number of allylic oxidation sites excluding steroid dienone is 12. The largest absolute Gasteiger partial charge is 0.333 e. The zero-order chi connectivity index (χ0) is 22.2. The van der Waals surface area contributed by atoms with Crippen molar-refractivity contribution in [2.75, 3.05) is 0 Å². The van der Waals surface area contributed by atoms with Crippen molar-refractivity contribution in [1.82, 2.24) is 5.32 Å². The van der Waals surface area contributed by atoms with Gasteiger partial charge in [-0.15, -0.1) is 18.3 Å². The molecule has 0 aromatic rings. The molecule has 4 atom stereocenters. The topological polar surface area (TPSA) is 24.4 Å². The summed E-state index contributed by atoms with van der Waals surface area (Å²) in [6.07, 6.45) is 26.0. The Morgan fingerprint density at radius 3 is 2.94 bits per heavy atom. The van der Waals surface area contributed by atoms with Crippen LogP contribution in [0.4, 0.5) is 0 Å². The molecule has 3 rings (SSSR count). The van der Waals surface area contributed by atoms with Gasteiger partial charge in [0.05, 0.1) is 0 Å². The third-order valence-corrected chi connectivity index (χ3v) is 7.45. The Kier molecular flexibility index (Phi) is 8.62. The highest BCUT2D eigenvalue weighted by atomic mass is 35.5. The lowest BCUT2D eigenvalue weighted by Gasteiger charge is -2.23. The summed E-state index contributed by atoms with van der Waals surface area (Å²) in [5.74, 6) is 0.598. The Bertz CT molecular complexity index is 929. The highest BCUT2D eigenvalue weighted by Crippen LogP contribution is 2.49. The monoisotopic (exact) mass is 450 g/mol. The van der Waals surface area contributed by atoms with E-state index in [0.29, 0.717) is 16.5 Å². The number of hydrogen-bond donors (Lipinski definition) is 1. The summed E-state index contributed by atoms with van der Waals surface area (Å²) in [5.41, 5.74) is 3.38. The molecule has 0 radical (unpaired) electrons. The van der Waals surface area contributed by atoms with Gasteiger partial charge in [-0.05, 0) is 48.9 Å². The number of amidine groups is 1. The molecule has 0 saturated carbocycles. The number of nitrogens with one attached hydrogen (secondary N) is 1. The number of aliphatic imine (C=N–C) groups is 1. The van der Waals surface area contributed by atoms with Gasteiger partial charge in [-0.1, -0.05) is 80.0 Å². The maximum atomic E-state index is 6.33. The van der Waals surface area contributed by atoms with E-state index in [1.807, 2.05) is 36.9 Å². The second-order valence-electron chi connectivity index (χ2n) is 7.75. The van der Waals surface area contributed by atoms with Crippen LogP contribution in [0.25, 0.3) is 0 Å². The summed E-state index contributed by atoms with van der Waals surface area (Å²) in [6.45, 7) is 14.0. The van der Waals surface area contributed by atoms with Crippen molar-refractivity contribution in [3.05, 3.63) is 108 Å². The van der Waals surface area contributed by atoms with Crippen LogP contribution in [0.3, 0.4) is 0 Å². The summed E-state index contributed by atoms with van der Waals surface area (Å²) in [6, 6.07) is -0.0132. The van der Waals surface area contributed by atoms with Crippen LogP contribution in [0.15, 0.2) is 113 Å². The molecule has 0 saturated heterocycles. The van der Waals surface area contributed by atoms with Crippen LogP contribution >= 0.6 is 23.4 Å². The summed E-state index contributed by atoms with van der Waals surface area (Å²) in [4.78, 5) is 5.95. The van der Waals surface area contributed by atoms with Crippen LogP contribution in [-0.2, 0) is 0 Å². The van der Waals surface area contributed by atoms with Crippen molar-refractivity contribution in [3.8, 4) is 0 Å². The van der Waals surface area contributed by atoms with Gasteiger partial charge in [0, 0.05) is 27.7 Å². The Morgan fingerprint density at radius 1 is 1.35 bits per heavy atom. The molecule has 0 amide bonds. The van der Waals surface area contributed by atoms with E-state index < -0.39 is 0 Å². The van der Waals surface area contributed by atoms with Crippen LogP contribution in [0.2, 0.25) is 0 Å². The lowest BCUT2D eigenvalue weighted by atomic mass is 9.91. The Balaban J connectivity index is 1.65. The van der Waals surface area contributed by atoms with Gasteiger partial charge in [0.1, 0.15) is 6.04 Å². The fourth-order valence-electron chi connectivity index (χ4n) is 3.95. The van der Waals surface area contributed by atoms with E-state index in [2.05, 4.69) is 72.6 Å². The van der Waals surface area contributed by atoms with Gasteiger partial charge in [0.15, 0.2) is 5.29 Å². The third kappa shape index (κ3) is 5.93. The predicted molar refractivity (Wildman–Crippen MR) is 139 cm³/mol. The SMILES string of the molecule is C=C\C=C/C(/C=C\C(=C)C(C=C)C/C=C/C1N=C(Cl)NC2=C1SC1CCC=CC21)=C/C. The van der Waals surface area contributed by atoms with Gasteiger partial charge >= 0.3 is 0 Å². The highest BCUT2D eigenvalue weighted by Gasteiger charge is 2.39. The molecule has 0 aromatic carbocycles. The molecule has 0 bridgehead atoms. The van der Waals surface area contributed by atoms with Crippen LogP contribution < -0.4 is 5.32 Å². The Labute approximate surface area is 196 Å². The molecule has 162 valence electrons. The second-order valence-corrected chi connectivity index (χ2v) is 9.39. The minimum Gasteiger partial charge on any atom is -0.333 e. The quantitative estimate of drug-likeness (QED) is 0.225. The molecule has 31 heavy (non-hydrogen) atoms. The zero-order valence-electron chi connectivity index (χ0n) is 18.1. The number of rotatable bonds is 9. The molecule has 1 aliphatic carbocycles. The van der Waals surface area contributed by atoms with Crippen molar-refractivity contribution in [2.45, 2.75) is 37.5 Å². The molecule has 4 unspecified atom stereocenters. The summed E-state index contributed by atoms with van der Waals surface area (Å²) in [7, 11) is 0. The Hall–Kier alpha value is -2.23. The minimum absolute atomic E-state index is 0.0132. The molecule has 0 fully saturated rings. The number of nitrogens with zero attached hydrogens (tertiary/aromatic N) is 1. The van der Waals surface area contributed by atoms with Gasteiger partial charge < -0.3 is 5.32 Å². The summed E-state index contributed by atoms with van der Waals surface area (Å²) >= 11 is 8.29. The fourth-order valence-corrected chi connectivity index (χ4v) is 5.69. The van der Waals surface area contributed by atoms with E-state index >= 15 is 0 Å². The highest BCUT2D eigenvalue weighted by molar-refractivity contribution is 8.04. The van der Waals surface area contributed by atoms with Gasteiger partial charge in [0.25, 0.3) is 0 Å². The van der Waals surface area contributed by atoms with Crippen LogP contribution in [-0.4, -0.2) is 16.6 Å². The van der Waals surface area contributed by atoms with Gasteiger partial charge in [0.2, 0.25) is 0 Å². The first-order chi connectivity index (χ1) is 15.1. The maximum Gasteiger partial charge on any atom is 0.196 e. The zero-order valence-corrected chi connectivity index (χ0v) is 19.7. The first kappa shape index (κ1) is 23.4. The molecule has 3 aliphatic rings. The van der Waals surface area contributed by atoms with Crippen LogP contribution in [0, 0.1) is 11.8 Å². The number of hydrogen-bond acceptors (Lipinski definition) is 3. The standard InChI is InChI=1S/C27H31ClN2S/c1-5-8-12-20(6-2)18-17-19(4)21(7-3)13-11-15-23-26-25(30-27(28)29-23)22-14-9-10-16-24(22)31-26/h5-9,11-12,14-15,17-18,21-24H,1,3-4,10,13,16H2,2H3,(H,29,30)/b12-8-,15-11+,18-17-,20-6-. The van der Waals surface area contributed by atoms with E-state index in [1.54, 1.807) is 6.08 Å². The minimum atomic E-state index is -0.0132. The van der Waals surface area contributed by atoms with E-state index in [4.69, 9.17) is 11.6 Å². The Morgan fingerprint density at radius 2 is 2.19 bits per heavy atom. The van der Waals surface area contributed by atoms with Crippen molar-refractivity contribution >= 4 is 28.7 Å². The molecule has 0 aromatic heterocycles. The van der Waals surface area contributed by atoms with Crippen molar-refractivity contribution in [2.24, 2.45) is 16.8 Å². The maximum absolute atomic E-state index is 6.33. The van der Waals surface area contributed by atoms with Crippen molar-refractivity contribution in [1.29, 1.82) is 0 Å². The third-order valence-electron chi connectivity index (χ3n) is 5.71. The van der Waals surface area contributed by atoms with Crippen molar-refractivity contribution < 1.29 is 0 Å². The lowest BCUT2D eigenvalue weighted by Crippen LogP contribution is -2.30. The van der Waals surface area contributed by atoms with Crippen LogP contribution in [0.1, 0.15) is 26.2 Å². The first-order valence-electron chi connectivity index (χ1n) is 10.8. The molecular weight excluding hydrogens is 420 g/mol. The molecule has 1 N–H and O–H groups in total. The van der Waals surface area contributed by atoms with Crippen molar-refractivity contribution in [3.63, 3.8) is 0 Å². The number of fused-ring (bicyclic) bond motifs is 2. The van der Waals surface area contributed by atoms with E-state index in [1.165, 1.54) is 17.0 Å². The van der Waals surface area contributed by atoms with Gasteiger partial charge in [-0.2, -0.15) is 0 Å². The molecule has 2 aliphatic heterocycles. The summed E-state index contributed by atoms with van der Waals surface area (Å²) < 4.78 is 0. The molecule has 0 spiro atoms. The average molecular weight is 451 g/mol. The smallest absolute Gasteiger partial charge is 0.196 e. The lowest BCUT2D eigenvalue weighted by molar-refractivity contribution is 0.614. The second kappa shape index (κ2) is 11.4. The number of halogens is 1.